The van der Waals surface area contributed by atoms with Gasteiger partial charge in [-0.15, -0.1) is 11.3 Å². The lowest BCUT2D eigenvalue weighted by Gasteiger charge is -2.06. The van der Waals surface area contributed by atoms with E-state index in [4.69, 9.17) is 0 Å². The van der Waals surface area contributed by atoms with Crippen molar-refractivity contribution in [2.45, 2.75) is 19.1 Å². The van der Waals surface area contributed by atoms with Gasteiger partial charge in [-0.3, -0.25) is 4.79 Å². The Kier molecular flexibility index (Phi) is 5.61. The van der Waals surface area contributed by atoms with E-state index in [0.29, 0.717) is 17.4 Å². The molecule has 0 amide bonds. The van der Waals surface area contributed by atoms with Crippen LogP contribution in [-0.2, 0) is 22.2 Å². The van der Waals surface area contributed by atoms with Crippen LogP contribution in [0.5, 0.6) is 0 Å². The van der Waals surface area contributed by atoms with Crippen LogP contribution in [0.2, 0.25) is 0 Å². The molecule has 0 aliphatic heterocycles. The van der Waals surface area contributed by atoms with Gasteiger partial charge in [0.25, 0.3) is 0 Å². The van der Waals surface area contributed by atoms with Gasteiger partial charge in [0.1, 0.15) is 11.6 Å². The van der Waals surface area contributed by atoms with Crippen molar-refractivity contribution in [1.29, 1.82) is 0 Å². The first-order valence-electron chi connectivity index (χ1n) is 6.77. The third kappa shape index (κ3) is 5.49. The lowest BCUT2D eigenvalue weighted by atomic mass is 10.2. The van der Waals surface area contributed by atoms with Crippen molar-refractivity contribution in [3.05, 3.63) is 57.3 Å². The number of rotatable bonds is 7. The second-order valence-electron chi connectivity index (χ2n) is 5.00. The Labute approximate surface area is 137 Å². The molecule has 1 aromatic carbocycles. The molecule has 0 unspecified atom stereocenters. The maximum absolute atomic E-state index is 13.1. The average molecular weight is 359 g/mol. The van der Waals surface area contributed by atoms with Gasteiger partial charge in [-0.1, -0.05) is 0 Å². The van der Waals surface area contributed by atoms with Crippen LogP contribution in [0.1, 0.15) is 27.0 Å². The molecule has 124 valence electrons. The summed E-state index contributed by atoms with van der Waals surface area (Å²) in [5.74, 6) is -2.16. The van der Waals surface area contributed by atoms with Gasteiger partial charge in [0.05, 0.1) is 10.6 Å². The minimum atomic E-state index is -3.69. The monoisotopic (exact) mass is 359 g/mol. The van der Waals surface area contributed by atoms with E-state index in [9.17, 15) is 22.0 Å². The number of thiophene rings is 1. The molecule has 1 heterocycles. The zero-order chi connectivity index (χ0) is 17.0. The van der Waals surface area contributed by atoms with Gasteiger partial charge in [0.15, 0.2) is 5.78 Å². The number of carbonyl (C=O) groups excluding carboxylic acids is 1. The first kappa shape index (κ1) is 17.7. The normalized spacial score (nSPS) is 11.6. The summed E-state index contributed by atoms with van der Waals surface area (Å²) in [6.07, 6.45) is 0.439. The van der Waals surface area contributed by atoms with Gasteiger partial charge in [-0.2, -0.15) is 0 Å². The zero-order valence-corrected chi connectivity index (χ0v) is 13.9. The summed E-state index contributed by atoms with van der Waals surface area (Å²) in [6.45, 7) is 1.62. The van der Waals surface area contributed by atoms with Crippen molar-refractivity contribution < 1.29 is 22.0 Å². The molecule has 0 aliphatic carbocycles. The van der Waals surface area contributed by atoms with Crippen molar-refractivity contribution in [1.82, 2.24) is 4.72 Å². The maximum atomic E-state index is 13.1. The third-order valence-corrected chi connectivity index (χ3v) is 5.58. The highest BCUT2D eigenvalue weighted by Gasteiger charge is 2.13. The molecule has 0 fully saturated rings. The molecule has 0 aliphatic rings. The summed E-state index contributed by atoms with van der Waals surface area (Å²) in [7, 11) is -3.69. The van der Waals surface area contributed by atoms with Crippen molar-refractivity contribution in [3.8, 4) is 0 Å². The van der Waals surface area contributed by atoms with Crippen LogP contribution in [0.15, 0.2) is 30.3 Å². The average Bonchev–Trinajstić information content (AvgIpc) is 2.85. The van der Waals surface area contributed by atoms with E-state index in [2.05, 4.69) is 4.72 Å². The smallest absolute Gasteiger partial charge is 0.215 e. The molecule has 1 aromatic heterocycles. The first-order chi connectivity index (χ1) is 10.7. The lowest BCUT2D eigenvalue weighted by Crippen LogP contribution is -2.27. The van der Waals surface area contributed by atoms with Crippen LogP contribution in [-0.4, -0.2) is 20.7 Å². The Morgan fingerprint density at radius 1 is 1.17 bits per heavy atom. The molecule has 0 bridgehead atoms. The molecular formula is C15H15F2NO3S2. The Bertz CT molecular complexity index is 796. The van der Waals surface area contributed by atoms with E-state index in [1.54, 1.807) is 12.1 Å². The Morgan fingerprint density at radius 3 is 2.39 bits per heavy atom. The molecule has 2 aromatic rings. The molecular weight excluding hydrogens is 344 g/mol. The fourth-order valence-corrected chi connectivity index (χ4v) is 4.02. The van der Waals surface area contributed by atoms with E-state index in [0.717, 1.165) is 17.0 Å². The Morgan fingerprint density at radius 2 is 1.83 bits per heavy atom. The highest BCUT2D eigenvalue weighted by Crippen LogP contribution is 2.17. The second kappa shape index (κ2) is 7.29. The van der Waals surface area contributed by atoms with Crippen LogP contribution < -0.4 is 4.72 Å². The number of hydrogen-bond donors (Lipinski definition) is 1. The highest BCUT2D eigenvalue weighted by atomic mass is 32.2. The number of nitrogens with one attached hydrogen (secondary N) is 1. The number of hydrogen-bond acceptors (Lipinski definition) is 4. The molecule has 4 nitrogen and oxygen atoms in total. The fourth-order valence-electron chi connectivity index (χ4n) is 2.00. The van der Waals surface area contributed by atoms with E-state index in [-0.39, 0.29) is 17.9 Å². The number of sulfonamides is 1. The third-order valence-electron chi connectivity index (χ3n) is 2.98. The minimum absolute atomic E-state index is 0.0324. The van der Waals surface area contributed by atoms with Crippen LogP contribution in [0, 0.1) is 11.6 Å². The summed E-state index contributed by atoms with van der Waals surface area (Å²) in [4.78, 5) is 12.7. The first-order valence-corrected chi connectivity index (χ1v) is 9.24. The van der Waals surface area contributed by atoms with E-state index in [1.165, 1.54) is 18.3 Å². The molecule has 0 atom stereocenters. The molecule has 0 saturated carbocycles. The summed E-state index contributed by atoms with van der Waals surface area (Å²) >= 11 is 1.32. The van der Waals surface area contributed by atoms with Crippen LogP contribution in [0.4, 0.5) is 8.78 Å². The number of halogens is 2. The summed E-state index contributed by atoms with van der Waals surface area (Å²) in [5.41, 5.74) is 0.0463. The molecule has 2 rings (SSSR count). The molecule has 0 radical (unpaired) electrons. The predicted molar refractivity (Wildman–Crippen MR) is 85.0 cm³/mol. The standard InChI is InChI=1S/C15H15F2NO3S2/c1-10(19)15-3-2-14(22-15)4-5-18-23(20,21)9-11-6-12(16)8-13(17)7-11/h2-3,6-8,18H,4-5,9H2,1H3. The van der Waals surface area contributed by atoms with Crippen molar-refractivity contribution in [2.24, 2.45) is 0 Å². The SMILES string of the molecule is CC(=O)c1ccc(CCNS(=O)(=O)Cc2cc(F)cc(F)c2)s1. The minimum Gasteiger partial charge on any atom is -0.294 e. The Hall–Kier alpha value is -1.64. The number of benzene rings is 1. The van der Waals surface area contributed by atoms with Gasteiger partial charge in [-0.05, 0) is 43.2 Å². The van der Waals surface area contributed by atoms with Crippen LogP contribution >= 0.6 is 11.3 Å². The molecule has 8 heteroatoms. The van der Waals surface area contributed by atoms with Gasteiger partial charge >= 0.3 is 0 Å². The van der Waals surface area contributed by atoms with E-state index < -0.39 is 27.4 Å². The number of carbonyl (C=O) groups is 1. The van der Waals surface area contributed by atoms with Crippen molar-refractivity contribution in [3.63, 3.8) is 0 Å². The Balaban J connectivity index is 1.91. The van der Waals surface area contributed by atoms with E-state index >= 15 is 0 Å². The lowest BCUT2D eigenvalue weighted by molar-refractivity contribution is 0.102. The summed E-state index contributed by atoms with van der Waals surface area (Å²) < 4.78 is 52.3. The van der Waals surface area contributed by atoms with Gasteiger partial charge in [0.2, 0.25) is 10.0 Å². The number of ketones is 1. The molecule has 0 saturated heterocycles. The zero-order valence-electron chi connectivity index (χ0n) is 12.3. The van der Waals surface area contributed by atoms with Crippen LogP contribution in [0.25, 0.3) is 0 Å². The van der Waals surface area contributed by atoms with Crippen LogP contribution in [0.3, 0.4) is 0 Å². The fraction of sp³-hybridized carbons (Fsp3) is 0.267. The summed E-state index contributed by atoms with van der Waals surface area (Å²) in [5, 5.41) is 0. The number of Topliss-reactive ketones (excluding diaryl/α,β-unsaturated/α-hetero) is 1. The largest absolute Gasteiger partial charge is 0.294 e. The quantitative estimate of drug-likeness (QED) is 0.773. The maximum Gasteiger partial charge on any atom is 0.215 e. The highest BCUT2D eigenvalue weighted by molar-refractivity contribution is 7.88. The van der Waals surface area contributed by atoms with E-state index in [1.807, 2.05) is 0 Å². The van der Waals surface area contributed by atoms with Crippen molar-refractivity contribution in [2.75, 3.05) is 6.54 Å². The van der Waals surface area contributed by atoms with Crippen molar-refractivity contribution >= 4 is 27.1 Å². The van der Waals surface area contributed by atoms with Gasteiger partial charge in [-0.25, -0.2) is 21.9 Å². The molecule has 23 heavy (non-hydrogen) atoms. The molecule has 1 N–H and O–H groups in total. The van der Waals surface area contributed by atoms with Gasteiger partial charge in [0, 0.05) is 17.5 Å². The van der Waals surface area contributed by atoms with Gasteiger partial charge < -0.3 is 0 Å². The molecule has 0 spiro atoms. The second-order valence-corrected chi connectivity index (χ2v) is 7.98. The predicted octanol–water partition coefficient (Wildman–Crippen LogP) is 2.89. The topological polar surface area (TPSA) is 63.2 Å². The summed E-state index contributed by atoms with van der Waals surface area (Å²) in [6, 6.07) is 6.14.